The molecule has 5 heteroatoms. The quantitative estimate of drug-likeness (QED) is 0.579. The second-order valence-corrected chi connectivity index (χ2v) is 3.79. The number of esters is 1. The summed E-state index contributed by atoms with van der Waals surface area (Å²) in [6, 6.07) is 1.91. The summed E-state index contributed by atoms with van der Waals surface area (Å²) in [4.78, 5) is 16.1. The van der Waals surface area contributed by atoms with Gasteiger partial charge in [0.2, 0.25) is 0 Å². The van der Waals surface area contributed by atoms with Crippen molar-refractivity contribution in [2.45, 2.75) is 20.3 Å². The second-order valence-electron chi connectivity index (χ2n) is 2.79. The SMILES string of the molecule is CCOC(=O)c1sc(C#CCC#N)nc1C. The molecule has 0 aliphatic heterocycles. The number of carbonyl (C=O) groups excluding carboxylic acids is 1. The molecule has 0 bridgehead atoms. The maximum absolute atomic E-state index is 11.5. The summed E-state index contributed by atoms with van der Waals surface area (Å²) in [5.74, 6) is 5.01. The average Bonchev–Trinajstić information content (AvgIpc) is 2.61. The lowest BCUT2D eigenvalue weighted by Crippen LogP contribution is -2.03. The van der Waals surface area contributed by atoms with Crippen molar-refractivity contribution in [2.24, 2.45) is 0 Å². The Balaban J connectivity index is 2.87. The van der Waals surface area contributed by atoms with E-state index < -0.39 is 0 Å². The first-order chi connectivity index (χ1) is 7.69. The minimum Gasteiger partial charge on any atom is -0.462 e. The first-order valence-electron chi connectivity index (χ1n) is 4.69. The minimum absolute atomic E-state index is 0.160. The average molecular weight is 234 g/mol. The maximum Gasteiger partial charge on any atom is 0.350 e. The predicted octanol–water partition coefficient (Wildman–Crippen LogP) is 1.89. The van der Waals surface area contributed by atoms with Gasteiger partial charge in [0.1, 0.15) is 4.88 Å². The highest BCUT2D eigenvalue weighted by Crippen LogP contribution is 2.18. The lowest BCUT2D eigenvalue weighted by atomic mass is 10.4. The number of nitriles is 1. The van der Waals surface area contributed by atoms with E-state index >= 15 is 0 Å². The molecule has 0 N–H and O–H groups in total. The van der Waals surface area contributed by atoms with Gasteiger partial charge in [-0.15, -0.1) is 0 Å². The summed E-state index contributed by atoms with van der Waals surface area (Å²) in [6.45, 7) is 3.83. The van der Waals surface area contributed by atoms with Gasteiger partial charge in [-0.25, -0.2) is 9.78 Å². The molecular weight excluding hydrogens is 224 g/mol. The van der Waals surface area contributed by atoms with Crippen LogP contribution in [0.15, 0.2) is 0 Å². The van der Waals surface area contributed by atoms with E-state index in [9.17, 15) is 4.79 Å². The highest BCUT2D eigenvalue weighted by atomic mass is 32.1. The van der Waals surface area contributed by atoms with Crippen LogP contribution in [0, 0.1) is 30.1 Å². The van der Waals surface area contributed by atoms with Gasteiger partial charge in [0.05, 0.1) is 24.8 Å². The summed E-state index contributed by atoms with van der Waals surface area (Å²) in [5.41, 5.74) is 0.615. The summed E-state index contributed by atoms with van der Waals surface area (Å²) in [5, 5.41) is 8.86. The molecule has 1 rings (SSSR count). The number of rotatable bonds is 2. The first kappa shape index (κ1) is 12.2. The normalized spacial score (nSPS) is 8.81. The van der Waals surface area contributed by atoms with Crippen LogP contribution in [0.2, 0.25) is 0 Å². The van der Waals surface area contributed by atoms with Gasteiger partial charge >= 0.3 is 5.97 Å². The van der Waals surface area contributed by atoms with Crippen molar-refractivity contribution >= 4 is 17.3 Å². The van der Waals surface area contributed by atoms with E-state index in [0.717, 1.165) is 0 Å². The number of hydrogen-bond donors (Lipinski definition) is 0. The van der Waals surface area contributed by atoms with Gasteiger partial charge in [-0.2, -0.15) is 5.26 Å². The van der Waals surface area contributed by atoms with Crippen LogP contribution in [0.4, 0.5) is 0 Å². The number of carbonyl (C=O) groups is 1. The van der Waals surface area contributed by atoms with Crippen molar-refractivity contribution in [3.63, 3.8) is 0 Å². The fourth-order valence-electron chi connectivity index (χ4n) is 0.995. The number of thiazole rings is 1. The zero-order chi connectivity index (χ0) is 12.0. The molecular formula is C11H10N2O2S. The Labute approximate surface area is 97.9 Å². The largest absolute Gasteiger partial charge is 0.462 e. The van der Waals surface area contributed by atoms with E-state index in [1.165, 1.54) is 11.3 Å². The molecule has 1 aromatic heterocycles. The number of aryl methyl sites for hydroxylation is 1. The van der Waals surface area contributed by atoms with Crippen LogP contribution in [-0.2, 0) is 4.74 Å². The molecule has 0 aliphatic carbocycles. The zero-order valence-electron chi connectivity index (χ0n) is 9.03. The van der Waals surface area contributed by atoms with Crippen LogP contribution >= 0.6 is 11.3 Å². The van der Waals surface area contributed by atoms with Crippen molar-refractivity contribution in [2.75, 3.05) is 6.61 Å². The first-order valence-corrected chi connectivity index (χ1v) is 5.51. The van der Waals surface area contributed by atoms with Crippen LogP contribution in [0.25, 0.3) is 0 Å². The van der Waals surface area contributed by atoms with Crippen molar-refractivity contribution < 1.29 is 9.53 Å². The molecule has 0 saturated carbocycles. The van der Waals surface area contributed by atoms with E-state index in [2.05, 4.69) is 16.8 Å². The third-order valence-corrected chi connectivity index (χ3v) is 2.67. The summed E-state index contributed by atoms with van der Waals surface area (Å²) >= 11 is 1.19. The lowest BCUT2D eigenvalue weighted by molar-refractivity contribution is 0.0531. The zero-order valence-corrected chi connectivity index (χ0v) is 9.85. The topological polar surface area (TPSA) is 63.0 Å². The molecule has 1 heterocycles. The van der Waals surface area contributed by atoms with Crippen LogP contribution in [-0.4, -0.2) is 17.6 Å². The molecule has 4 nitrogen and oxygen atoms in total. The molecule has 0 unspecified atom stereocenters. The molecule has 0 spiro atoms. The van der Waals surface area contributed by atoms with Gasteiger partial charge in [-0.05, 0) is 19.8 Å². The number of nitrogens with zero attached hydrogens (tertiary/aromatic N) is 2. The van der Waals surface area contributed by atoms with Crippen molar-refractivity contribution in [1.82, 2.24) is 4.98 Å². The Morgan fingerprint density at radius 2 is 2.38 bits per heavy atom. The number of hydrogen-bond acceptors (Lipinski definition) is 5. The Morgan fingerprint density at radius 1 is 1.62 bits per heavy atom. The molecule has 1 aromatic rings. The fraction of sp³-hybridized carbons (Fsp3) is 0.364. The minimum atomic E-state index is -0.370. The van der Waals surface area contributed by atoms with Gasteiger partial charge in [-0.1, -0.05) is 17.3 Å². The van der Waals surface area contributed by atoms with E-state index in [1.807, 2.05) is 6.07 Å². The Bertz CT molecular complexity index is 488. The number of aromatic nitrogens is 1. The van der Waals surface area contributed by atoms with Gasteiger partial charge in [0, 0.05) is 0 Å². The van der Waals surface area contributed by atoms with Gasteiger partial charge in [-0.3, -0.25) is 0 Å². The van der Waals surface area contributed by atoms with Crippen LogP contribution in [0.5, 0.6) is 0 Å². The second kappa shape index (κ2) is 5.89. The smallest absolute Gasteiger partial charge is 0.350 e. The third-order valence-electron chi connectivity index (χ3n) is 1.62. The Morgan fingerprint density at radius 3 is 3.00 bits per heavy atom. The van der Waals surface area contributed by atoms with Crippen molar-refractivity contribution in [1.29, 1.82) is 5.26 Å². The molecule has 0 aromatic carbocycles. The monoisotopic (exact) mass is 234 g/mol. The molecule has 0 saturated heterocycles. The highest BCUT2D eigenvalue weighted by molar-refractivity contribution is 7.14. The van der Waals surface area contributed by atoms with Gasteiger partial charge < -0.3 is 4.74 Å². The molecule has 0 radical (unpaired) electrons. The van der Waals surface area contributed by atoms with Crippen LogP contribution < -0.4 is 0 Å². The molecule has 0 aliphatic rings. The summed E-state index contributed by atoms with van der Waals surface area (Å²) in [6.07, 6.45) is 0.160. The standard InChI is InChI=1S/C11H10N2O2S/c1-3-15-11(14)10-8(2)13-9(16-10)6-4-5-7-12/h3,5H2,1-2H3. The van der Waals surface area contributed by atoms with E-state index in [4.69, 9.17) is 10.00 Å². The van der Waals surface area contributed by atoms with E-state index in [-0.39, 0.29) is 12.4 Å². The van der Waals surface area contributed by atoms with Crippen LogP contribution in [0.1, 0.15) is 33.7 Å². The van der Waals surface area contributed by atoms with E-state index in [1.54, 1.807) is 13.8 Å². The fourth-order valence-corrected chi connectivity index (χ4v) is 1.83. The summed E-state index contributed by atoms with van der Waals surface area (Å²) in [7, 11) is 0. The van der Waals surface area contributed by atoms with Crippen molar-refractivity contribution in [3.05, 3.63) is 15.6 Å². The third kappa shape index (κ3) is 3.08. The predicted molar refractivity (Wildman–Crippen MR) is 59.9 cm³/mol. The molecule has 82 valence electrons. The molecule has 0 amide bonds. The van der Waals surface area contributed by atoms with Crippen LogP contribution in [0.3, 0.4) is 0 Å². The number of ether oxygens (including phenoxy) is 1. The Hall–Kier alpha value is -1.85. The van der Waals surface area contributed by atoms with Crippen molar-refractivity contribution in [3.8, 4) is 17.9 Å². The maximum atomic E-state index is 11.5. The lowest BCUT2D eigenvalue weighted by Gasteiger charge is -1.97. The molecule has 16 heavy (non-hydrogen) atoms. The van der Waals surface area contributed by atoms with Gasteiger partial charge in [0.15, 0.2) is 5.01 Å². The molecule has 0 fully saturated rings. The van der Waals surface area contributed by atoms with E-state index in [0.29, 0.717) is 22.2 Å². The van der Waals surface area contributed by atoms with Gasteiger partial charge in [0.25, 0.3) is 0 Å². The summed E-state index contributed by atoms with van der Waals surface area (Å²) < 4.78 is 4.88. The highest BCUT2D eigenvalue weighted by Gasteiger charge is 2.15. The molecule has 0 atom stereocenters. The Kier molecular flexibility index (Phi) is 4.50.